The third-order valence-electron chi connectivity index (χ3n) is 3.31. The molecule has 0 saturated heterocycles. The van der Waals surface area contributed by atoms with E-state index in [4.69, 9.17) is 4.42 Å². The lowest BCUT2D eigenvalue weighted by molar-refractivity contribution is -0.131. The maximum atomic E-state index is 12.3. The molecule has 0 atom stereocenters. The van der Waals surface area contributed by atoms with Crippen LogP contribution in [0.4, 0.5) is 0 Å². The van der Waals surface area contributed by atoms with Crippen molar-refractivity contribution in [3.05, 3.63) is 55.6 Å². The molecular formula is C15H13BrN2O3S. The number of likely N-dealkylation sites (N-methyl/N-ethyl adjacent to an activating group) is 1. The molecule has 0 radical (unpaired) electrons. The Kier molecular flexibility index (Phi) is 4.17. The number of rotatable bonds is 4. The van der Waals surface area contributed by atoms with Crippen LogP contribution in [0.5, 0.6) is 0 Å². The Morgan fingerprint density at radius 3 is 2.91 bits per heavy atom. The van der Waals surface area contributed by atoms with E-state index in [0.29, 0.717) is 17.6 Å². The number of oxazole rings is 1. The lowest BCUT2D eigenvalue weighted by Crippen LogP contribution is -2.32. The van der Waals surface area contributed by atoms with Crippen LogP contribution >= 0.6 is 27.3 Å². The van der Waals surface area contributed by atoms with E-state index in [1.165, 1.54) is 4.57 Å². The second-order valence-corrected chi connectivity index (χ2v) is 6.81. The van der Waals surface area contributed by atoms with Gasteiger partial charge in [0, 0.05) is 21.8 Å². The first-order valence-corrected chi connectivity index (χ1v) is 8.27. The third kappa shape index (κ3) is 3.00. The molecule has 1 amide bonds. The van der Waals surface area contributed by atoms with Crippen LogP contribution in [0.15, 0.2) is 49.4 Å². The zero-order chi connectivity index (χ0) is 15.7. The van der Waals surface area contributed by atoms with Crippen molar-refractivity contribution in [3.8, 4) is 0 Å². The minimum Gasteiger partial charge on any atom is -0.408 e. The second kappa shape index (κ2) is 6.10. The summed E-state index contributed by atoms with van der Waals surface area (Å²) in [5.41, 5.74) is 1.12. The van der Waals surface area contributed by atoms with Crippen LogP contribution in [0.25, 0.3) is 11.1 Å². The highest BCUT2D eigenvalue weighted by atomic mass is 79.9. The predicted octanol–water partition coefficient (Wildman–Crippen LogP) is 3.08. The molecule has 0 aliphatic heterocycles. The average Bonchev–Trinajstić information content (AvgIpc) is 3.03. The first kappa shape index (κ1) is 15.1. The number of nitrogens with zero attached hydrogens (tertiary/aromatic N) is 2. The van der Waals surface area contributed by atoms with Crippen molar-refractivity contribution in [2.24, 2.45) is 0 Å². The van der Waals surface area contributed by atoms with Crippen molar-refractivity contribution in [1.82, 2.24) is 9.47 Å². The Morgan fingerprint density at radius 1 is 1.41 bits per heavy atom. The SMILES string of the molecule is CN(Cc1cc(Br)cs1)C(=O)Cn1c(=O)oc2ccccc21. The Labute approximate surface area is 138 Å². The Balaban J connectivity index is 1.78. The lowest BCUT2D eigenvalue weighted by atomic mass is 10.3. The van der Waals surface area contributed by atoms with E-state index in [-0.39, 0.29) is 12.5 Å². The number of fused-ring (bicyclic) bond motifs is 1. The van der Waals surface area contributed by atoms with Gasteiger partial charge in [-0.2, -0.15) is 0 Å². The molecule has 3 rings (SSSR count). The van der Waals surface area contributed by atoms with Gasteiger partial charge in [0.2, 0.25) is 5.91 Å². The summed E-state index contributed by atoms with van der Waals surface area (Å²) in [5.74, 6) is -0.653. The summed E-state index contributed by atoms with van der Waals surface area (Å²) in [6, 6.07) is 9.06. The largest absolute Gasteiger partial charge is 0.420 e. The number of carbonyl (C=O) groups excluding carboxylic acids is 1. The van der Waals surface area contributed by atoms with Crippen LogP contribution < -0.4 is 5.76 Å². The summed E-state index contributed by atoms with van der Waals surface area (Å²) in [4.78, 5) is 26.9. The molecule has 2 aromatic heterocycles. The molecule has 3 aromatic rings. The average molecular weight is 381 g/mol. The number of thiophene rings is 1. The first-order valence-electron chi connectivity index (χ1n) is 6.60. The van der Waals surface area contributed by atoms with Gasteiger partial charge >= 0.3 is 5.76 Å². The van der Waals surface area contributed by atoms with E-state index in [1.54, 1.807) is 41.5 Å². The highest BCUT2D eigenvalue weighted by molar-refractivity contribution is 9.10. The maximum Gasteiger partial charge on any atom is 0.420 e. The molecule has 0 saturated carbocycles. The van der Waals surface area contributed by atoms with Gasteiger partial charge in [0.1, 0.15) is 6.54 Å². The standard InChI is InChI=1S/C15H13BrN2O3S/c1-17(7-11-6-10(16)9-22-11)14(19)8-18-12-4-2-3-5-13(12)21-15(18)20/h2-6,9H,7-8H2,1H3. The molecule has 0 aliphatic carbocycles. The Bertz CT molecular complexity index is 880. The number of para-hydroxylation sites is 2. The van der Waals surface area contributed by atoms with Crippen LogP contribution in [0.2, 0.25) is 0 Å². The predicted molar refractivity (Wildman–Crippen MR) is 89.0 cm³/mol. The molecule has 0 spiro atoms. The third-order valence-corrected chi connectivity index (χ3v) is 4.99. The van der Waals surface area contributed by atoms with Gasteiger partial charge in [0.25, 0.3) is 0 Å². The molecule has 0 N–H and O–H groups in total. The second-order valence-electron chi connectivity index (χ2n) is 4.90. The molecule has 0 aliphatic rings. The molecule has 0 fully saturated rings. The van der Waals surface area contributed by atoms with E-state index in [0.717, 1.165) is 9.35 Å². The lowest BCUT2D eigenvalue weighted by Gasteiger charge is -2.16. The maximum absolute atomic E-state index is 12.3. The van der Waals surface area contributed by atoms with E-state index in [2.05, 4.69) is 15.9 Å². The zero-order valence-electron chi connectivity index (χ0n) is 11.8. The van der Waals surface area contributed by atoms with Crippen molar-refractivity contribution in [3.63, 3.8) is 0 Å². The van der Waals surface area contributed by atoms with Crippen molar-refractivity contribution >= 4 is 44.3 Å². The Morgan fingerprint density at radius 2 is 2.18 bits per heavy atom. The van der Waals surface area contributed by atoms with Gasteiger partial charge in [-0.25, -0.2) is 4.79 Å². The van der Waals surface area contributed by atoms with Gasteiger partial charge < -0.3 is 9.32 Å². The molecule has 22 heavy (non-hydrogen) atoms. The molecule has 2 heterocycles. The number of halogens is 1. The number of amides is 1. The van der Waals surface area contributed by atoms with Crippen LogP contribution in [-0.4, -0.2) is 22.4 Å². The molecular weight excluding hydrogens is 368 g/mol. The van der Waals surface area contributed by atoms with Crippen molar-refractivity contribution in [1.29, 1.82) is 0 Å². The van der Waals surface area contributed by atoms with Crippen LogP contribution in [0.1, 0.15) is 4.88 Å². The fourth-order valence-corrected chi connectivity index (χ4v) is 3.68. The molecule has 1 aromatic carbocycles. The number of hydrogen-bond acceptors (Lipinski definition) is 4. The molecule has 0 unspecified atom stereocenters. The van der Waals surface area contributed by atoms with Crippen LogP contribution in [0.3, 0.4) is 0 Å². The van der Waals surface area contributed by atoms with Gasteiger partial charge in [-0.05, 0) is 34.1 Å². The summed E-state index contributed by atoms with van der Waals surface area (Å²) in [6.45, 7) is 0.485. The monoisotopic (exact) mass is 380 g/mol. The quantitative estimate of drug-likeness (QED) is 0.698. The summed E-state index contributed by atoms with van der Waals surface area (Å²) in [6.07, 6.45) is 0. The number of benzene rings is 1. The van der Waals surface area contributed by atoms with Gasteiger partial charge in [0.05, 0.1) is 12.1 Å². The van der Waals surface area contributed by atoms with Crippen LogP contribution in [0, 0.1) is 0 Å². The molecule has 5 nitrogen and oxygen atoms in total. The van der Waals surface area contributed by atoms with E-state index in [9.17, 15) is 9.59 Å². The number of aromatic nitrogens is 1. The molecule has 0 bridgehead atoms. The fourth-order valence-electron chi connectivity index (χ4n) is 2.18. The molecule has 7 heteroatoms. The van der Waals surface area contributed by atoms with E-state index in [1.807, 2.05) is 17.5 Å². The summed E-state index contributed by atoms with van der Waals surface area (Å²) >= 11 is 4.97. The highest BCUT2D eigenvalue weighted by Gasteiger charge is 2.16. The summed E-state index contributed by atoms with van der Waals surface area (Å²) in [5, 5.41) is 1.97. The zero-order valence-corrected chi connectivity index (χ0v) is 14.2. The minimum atomic E-state index is -0.512. The normalized spacial score (nSPS) is 11.0. The van der Waals surface area contributed by atoms with E-state index >= 15 is 0 Å². The minimum absolute atomic E-state index is 0.0289. The summed E-state index contributed by atoms with van der Waals surface area (Å²) < 4.78 is 7.50. The fraction of sp³-hybridized carbons (Fsp3) is 0.200. The van der Waals surface area contributed by atoms with Crippen molar-refractivity contribution in [2.75, 3.05) is 7.05 Å². The topological polar surface area (TPSA) is 55.5 Å². The molecule has 114 valence electrons. The first-order chi connectivity index (χ1) is 10.5. The van der Waals surface area contributed by atoms with Gasteiger partial charge in [-0.3, -0.25) is 9.36 Å². The van der Waals surface area contributed by atoms with Crippen molar-refractivity contribution < 1.29 is 9.21 Å². The summed E-state index contributed by atoms with van der Waals surface area (Å²) in [7, 11) is 1.73. The van der Waals surface area contributed by atoms with Crippen LogP contribution in [-0.2, 0) is 17.9 Å². The van der Waals surface area contributed by atoms with E-state index < -0.39 is 5.76 Å². The Hall–Kier alpha value is -1.86. The number of carbonyl (C=O) groups is 1. The number of hydrogen-bond donors (Lipinski definition) is 0. The van der Waals surface area contributed by atoms with Gasteiger partial charge in [0.15, 0.2) is 5.58 Å². The smallest absolute Gasteiger partial charge is 0.408 e. The van der Waals surface area contributed by atoms with Gasteiger partial charge in [-0.15, -0.1) is 11.3 Å². The van der Waals surface area contributed by atoms with Gasteiger partial charge in [-0.1, -0.05) is 12.1 Å². The van der Waals surface area contributed by atoms with Crippen molar-refractivity contribution in [2.45, 2.75) is 13.1 Å². The highest BCUT2D eigenvalue weighted by Crippen LogP contribution is 2.21.